The average Bonchev–Trinajstić information content (AvgIpc) is 2.72. The van der Waals surface area contributed by atoms with E-state index in [4.69, 9.17) is 0 Å². The molecule has 2 aromatic rings. The number of nitrogens with one attached hydrogen (secondary N) is 2. The topological polar surface area (TPSA) is 133 Å². The van der Waals surface area contributed by atoms with Crippen LogP contribution in [0.5, 0.6) is 0 Å². The monoisotopic (exact) mass is 410 g/mol. The van der Waals surface area contributed by atoms with Crippen LogP contribution >= 0.6 is 0 Å². The number of aliphatic carboxylic acids is 2. The summed E-state index contributed by atoms with van der Waals surface area (Å²) in [5.41, 5.74) is 1.47. The number of amides is 2. The van der Waals surface area contributed by atoms with E-state index < -0.39 is 35.8 Å². The molecule has 8 heteroatoms. The summed E-state index contributed by atoms with van der Waals surface area (Å²) in [5.74, 6) is -3.97. The van der Waals surface area contributed by atoms with Crippen LogP contribution in [0.2, 0.25) is 0 Å². The van der Waals surface area contributed by atoms with E-state index in [-0.39, 0.29) is 12.8 Å². The summed E-state index contributed by atoms with van der Waals surface area (Å²) in [4.78, 5) is 46.8. The number of rotatable bonds is 10. The molecular weight excluding hydrogens is 388 g/mol. The lowest BCUT2D eigenvalue weighted by Crippen LogP contribution is -2.42. The molecule has 2 atom stereocenters. The molecule has 2 rings (SSSR count). The van der Waals surface area contributed by atoms with Gasteiger partial charge in [0.25, 0.3) is 0 Å². The number of carboxylic acids is 2. The van der Waals surface area contributed by atoms with Crippen molar-refractivity contribution in [1.82, 2.24) is 10.6 Å². The second-order valence-electron chi connectivity index (χ2n) is 6.51. The maximum Gasteiger partial charge on any atom is 0.326 e. The van der Waals surface area contributed by atoms with Gasteiger partial charge in [0.2, 0.25) is 11.8 Å². The maximum absolute atomic E-state index is 12.0. The van der Waals surface area contributed by atoms with Gasteiger partial charge in [-0.3, -0.25) is 9.59 Å². The van der Waals surface area contributed by atoms with Crippen LogP contribution in [0.3, 0.4) is 0 Å². The molecule has 30 heavy (non-hydrogen) atoms. The summed E-state index contributed by atoms with van der Waals surface area (Å²) < 4.78 is 0. The summed E-state index contributed by atoms with van der Waals surface area (Å²) in [6.07, 6.45) is 1.91. The highest BCUT2D eigenvalue weighted by atomic mass is 16.4. The first-order valence-corrected chi connectivity index (χ1v) is 9.17. The quantitative estimate of drug-likeness (QED) is 0.435. The van der Waals surface area contributed by atoms with Crippen LogP contribution in [0.4, 0.5) is 0 Å². The van der Waals surface area contributed by atoms with Gasteiger partial charge in [0.15, 0.2) is 0 Å². The van der Waals surface area contributed by atoms with E-state index in [1.807, 2.05) is 0 Å². The summed E-state index contributed by atoms with van der Waals surface area (Å²) in [6, 6.07) is 15.2. The molecule has 2 amide bonds. The Morgan fingerprint density at radius 1 is 0.667 bits per heavy atom. The zero-order valence-corrected chi connectivity index (χ0v) is 16.0. The molecule has 0 aliphatic heterocycles. The predicted molar refractivity (Wildman–Crippen MR) is 109 cm³/mol. The van der Waals surface area contributed by atoms with Gasteiger partial charge < -0.3 is 20.8 Å². The molecule has 0 aromatic heterocycles. The first-order valence-electron chi connectivity index (χ1n) is 9.17. The third-order valence-corrected chi connectivity index (χ3v) is 4.18. The maximum atomic E-state index is 12.0. The highest BCUT2D eigenvalue weighted by Crippen LogP contribution is 2.05. The van der Waals surface area contributed by atoms with E-state index in [0.29, 0.717) is 0 Å². The number of benzene rings is 2. The second-order valence-corrected chi connectivity index (χ2v) is 6.51. The smallest absolute Gasteiger partial charge is 0.326 e. The molecule has 0 saturated carbocycles. The number of carbonyl (C=O) groups is 4. The molecule has 4 N–H and O–H groups in total. The van der Waals surface area contributed by atoms with Crippen LogP contribution in [-0.4, -0.2) is 46.0 Å². The van der Waals surface area contributed by atoms with E-state index in [9.17, 15) is 29.4 Å². The Balaban J connectivity index is 1.92. The van der Waals surface area contributed by atoms with E-state index in [0.717, 1.165) is 23.3 Å². The second kappa shape index (κ2) is 11.2. The third-order valence-electron chi connectivity index (χ3n) is 4.18. The number of carboxylic acid groups (broad SMARTS) is 2. The van der Waals surface area contributed by atoms with Gasteiger partial charge in [-0.1, -0.05) is 60.7 Å². The van der Waals surface area contributed by atoms with E-state index in [1.165, 1.54) is 0 Å². The van der Waals surface area contributed by atoms with Crippen LogP contribution < -0.4 is 10.6 Å². The highest BCUT2D eigenvalue weighted by Gasteiger charge is 2.21. The molecule has 0 spiro atoms. The van der Waals surface area contributed by atoms with Crippen molar-refractivity contribution in [1.29, 1.82) is 0 Å². The lowest BCUT2D eigenvalue weighted by atomic mass is 10.1. The standard InChI is InChI=1S/C22H22N2O6/c25-19(23-17(21(27)28)13-15-7-3-1-4-8-15)11-12-20(26)24-18(22(29)30)14-16-9-5-2-6-10-16/h1-12,17-18H,13-14H2,(H,23,25)(H,24,26)(H,27,28)(H,29,30)/b12-11-/t17-,18-/m0/s1. The summed E-state index contributed by atoms with van der Waals surface area (Å²) in [5, 5.41) is 23.2. The Bertz CT molecular complexity index is 836. The summed E-state index contributed by atoms with van der Waals surface area (Å²) in [6.45, 7) is 0. The lowest BCUT2D eigenvalue weighted by Gasteiger charge is -2.14. The first-order chi connectivity index (χ1) is 14.3. The van der Waals surface area contributed by atoms with Crippen LogP contribution in [0, 0.1) is 0 Å². The van der Waals surface area contributed by atoms with Crippen molar-refractivity contribution < 1.29 is 29.4 Å². The van der Waals surface area contributed by atoms with Crippen LogP contribution in [0.15, 0.2) is 72.8 Å². The zero-order valence-electron chi connectivity index (χ0n) is 16.0. The van der Waals surface area contributed by atoms with Gasteiger partial charge in [-0.15, -0.1) is 0 Å². The van der Waals surface area contributed by atoms with Gasteiger partial charge in [-0.2, -0.15) is 0 Å². The van der Waals surface area contributed by atoms with Crippen molar-refractivity contribution in [3.05, 3.63) is 83.9 Å². The molecule has 156 valence electrons. The molecule has 0 fully saturated rings. The van der Waals surface area contributed by atoms with E-state index >= 15 is 0 Å². The highest BCUT2D eigenvalue weighted by molar-refractivity contribution is 5.99. The van der Waals surface area contributed by atoms with Gasteiger partial charge >= 0.3 is 11.9 Å². The molecule has 0 unspecified atom stereocenters. The summed E-state index contributed by atoms with van der Waals surface area (Å²) >= 11 is 0. The molecule has 0 aliphatic rings. The largest absolute Gasteiger partial charge is 0.480 e. The SMILES string of the molecule is O=C(/C=C\C(=O)N[C@@H](Cc1ccccc1)C(=O)O)N[C@@H](Cc1ccccc1)C(=O)O. The van der Waals surface area contributed by atoms with Crippen molar-refractivity contribution in [2.75, 3.05) is 0 Å². The minimum absolute atomic E-state index is 0.0834. The van der Waals surface area contributed by atoms with Gasteiger partial charge in [-0.25, -0.2) is 9.59 Å². The van der Waals surface area contributed by atoms with Crippen LogP contribution in [0.1, 0.15) is 11.1 Å². The third kappa shape index (κ3) is 7.59. The molecule has 0 heterocycles. The Hall–Kier alpha value is -3.94. The van der Waals surface area contributed by atoms with Crippen molar-refractivity contribution in [2.45, 2.75) is 24.9 Å². The zero-order chi connectivity index (χ0) is 21.9. The number of hydrogen-bond donors (Lipinski definition) is 4. The predicted octanol–water partition coefficient (Wildman–Crippen LogP) is 1.17. The first kappa shape index (κ1) is 22.4. The van der Waals surface area contributed by atoms with Crippen LogP contribution in [0.25, 0.3) is 0 Å². The van der Waals surface area contributed by atoms with E-state index in [1.54, 1.807) is 60.7 Å². The molecule has 2 aromatic carbocycles. The Labute approximate surface area is 173 Å². The average molecular weight is 410 g/mol. The molecule has 0 aliphatic carbocycles. The molecule has 8 nitrogen and oxygen atoms in total. The fourth-order valence-corrected chi connectivity index (χ4v) is 2.69. The van der Waals surface area contributed by atoms with Crippen molar-refractivity contribution in [3.8, 4) is 0 Å². The fraction of sp³-hybridized carbons (Fsp3) is 0.182. The van der Waals surface area contributed by atoms with Gasteiger partial charge in [-0.05, 0) is 11.1 Å². The fourth-order valence-electron chi connectivity index (χ4n) is 2.69. The Kier molecular flexibility index (Phi) is 8.31. The summed E-state index contributed by atoms with van der Waals surface area (Å²) in [7, 11) is 0. The van der Waals surface area contributed by atoms with E-state index in [2.05, 4.69) is 10.6 Å². The molecule has 0 bridgehead atoms. The Morgan fingerprint density at radius 2 is 1.00 bits per heavy atom. The van der Waals surface area contributed by atoms with Gasteiger partial charge in [0.05, 0.1) is 0 Å². The normalized spacial score (nSPS) is 12.7. The Morgan fingerprint density at radius 3 is 1.30 bits per heavy atom. The number of hydrogen-bond acceptors (Lipinski definition) is 4. The van der Waals surface area contributed by atoms with Crippen molar-refractivity contribution in [3.63, 3.8) is 0 Å². The minimum Gasteiger partial charge on any atom is -0.480 e. The van der Waals surface area contributed by atoms with Crippen molar-refractivity contribution >= 4 is 23.8 Å². The lowest BCUT2D eigenvalue weighted by molar-refractivity contribution is -0.141. The number of carbonyl (C=O) groups excluding carboxylic acids is 2. The minimum atomic E-state index is -1.21. The van der Waals surface area contributed by atoms with Crippen molar-refractivity contribution in [2.24, 2.45) is 0 Å². The molecular formula is C22H22N2O6. The molecule has 0 radical (unpaired) electrons. The van der Waals surface area contributed by atoms with Crippen LogP contribution in [-0.2, 0) is 32.0 Å². The van der Waals surface area contributed by atoms with Gasteiger partial charge in [0, 0.05) is 25.0 Å². The molecule has 0 saturated heterocycles. The van der Waals surface area contributed by atoms with Gasteiger partial charge in [0.1, 0.15) is 12.1 Å².